The number of nitrogens with one attached hydrogen (secondary N) is 1. The Labute approximate surface area is 159 Å². The SMILES string of the molecule is Cc1nn(Cc2ccccc2)c(Cl)c1C(=O)Nc1ccc(OC(F)F)cc1. The summed E-state index contributed by atoms with van der Waals surface area (Å²) in [5.41, 5.74) is 2.18. The molecule has 1 heterocycles. The van der Waals surface area contributed by atoms with Crippen LogP contribution in [0.2, 0.25) is 5.15 Å². The number of anilines is 1. The maximum Gasteiger partial charge on any atom is 0.387 e. The van der Waals surface area contributed by atoms with Gasteiger partial charge in [-0.15, -0.1) is 0 Å². The summed E-state index contributed by atoms with van der Waals surface area (Å²) >= 11 is 6.36. The number of aromatic nitrogens is 2. The van der Waals surface area contributed by atoms with Crippen LogP contribution in [0.4, 0.5) is 14.5 Å². The van der Waals surface area contributed by atoms with Crippen LogP contribution in [-0.2, 0) is 6.54 Å². The Morgan fingerprint density at radius 3 is 2.48 bits per heavy atom. The van der Waals surface area contributed by atoms with Crippen LogP contribution in [0, 0.1) is 6.92 Å². The number of rotatable bonds is 6. The van der Waals surface area contributed by atoms with Gasteiger partial charge < -0.3 is 10.1 Å². The predicted octanol–water partition coefficient (Wildman–Crippen LogP) is 4.75. The molecule has 0 bridgehead atoms. The summed E-state index contributed by atoms with van der Waals surface area (Å²) in [6, 6.07) is 15.2. The standard InChI is InChI=1S/C19H16ClF2N3O2/c1-12-16(17(20)25(24-12)11-13-5-3-2-4-6-13)18(26)23-14-7-9-15(10-8-14)27-19(21)22/h2-10,19H,11H2,1H3,(H,23,26). The van der Waals surface area contributed by atoms with Gasteiger partial charge in [0.05, 0.1) is 17.8 Å². The van der Waals surface area contributed by atoms with Crippen LogP contribution in [0.1, 0.15) is 21.6 Å². The minimum absolute atomic E-state index is 0.00731. The highest BCUT2D eigenvalue weighted by Crippen LogP contribution is 2.23. The number of hydrogen-bond acceptors (Lipinski definition) is 3. The third kappa shape index (κ3) is 4.62. The van der Waals surface area contributed by atoms with Crippen LogP contribution in [0.15, 0.2) is 54.6 Å². The van der Waals surface area contributed by atoms with Crippen molar-refractivity contribution in [1.29, 1.82) is 0 Å². The summed E-state index contributed by atoms with van der Waals surface area (Å²) in [7, 11) is 0. The van der Waals surface area contributed by atoms with Crippen LogP contribution in [0.3, 0.4) is 0 Å². The second-order valence-electron chi connectivity index (χ2n) is 5.75. The molecule has 0 fully saturated rings. The summed E-state index contributed by atoms with van der Waals surface area (Å²) in [6.07, 6.45) is 0. The monoisotopic (exact) mass is 391 g/mol. The molecule has 0 atom stereocenters. The summed E-state index contributed by atoms with van der Waals surface area (Å²) in [4.78, 5) is 12.6. The second-order valence-corrected chi connectivity index (χ2v) is 6.11. The van der Waals surface area contributed by atoms with E-state index in [0.29, 0.717) is 17.9 Å². The van der Waals surface area contributed by atoms with Crippen molar-refractivity contribution in [3.63, 3.8) is 0 Å². The van der Waals surface area contributed by atoms with E-state index in [1.807, 2.05) is 30.3 Å². The normalized spacial score (nSPS) is 10.9. The number of halogens is 3. The van der Waals surface area contributed by atoms with Gasteiger partial charge in [-0.1, -0.05) is 41.9 Å². The molecule has 0 aliphatic rings. The Morgan fingerprint density at radius 2 is 1.85 bits per heavy atom. The van der Waals surface area contributed by atoms with Crippen LogP contribution >= 0.6 is 11.6 Å². The number of carbonyl (C=O) groups excluding carboxylic acids is 1. The summed E-state index contributed by atoms with van der Waals surface area (Å²) in [5.74, 6) is -0.424. The molecule has 3 aromatic rings. The van der Waals surface area contributed by atoms with E-state index in [1.165, 1.54) is 24.3 Å². The molecule has 0 aliphatic carbocycles. The number of aryl methyl sites for hydroxylation is 1. The van der Waals surface area contributed by atoms with Gasteiger partial charge in [0.1, 0.15) is 10.9 Å². The highest BCUT2D eigenvalue weighted by atomic mass is 35.5. The fraction of sp³-hybridized carbons (Fsp3) is 0.158. The van der Waals surface area contributed by atoms with Gasteiger partial charge in [-0.2, -0.15) is 13.9 Å². The maximum absolute atomic E-state index is 12.6. The second kappa shape index (κ2) is 8.18. The van der Waals surface area contributed by atoms with Crippen molar-refractivity contribution in [2.24, 2.45) is 0 Å². The molecule has 2 aromatic carbocycles. The van der Waals surface area contributed by atoms with E-state index >= 15 is 0 Å². The molecular formula is C19H16ClF2N3O2. The molecule has 0 unspecified atom stereocenters. The average Bonchev–Trinajstić information content (AvgIpc) is 2.90. The van der Waals surface area contributed by atoms with E-state index in [-0.39, 0.29) is 16.5 Å². The first-order chi connectivity index (χ1) is 12.9. The lowest BCUT2D eigenvalue weighted by Crippen LogP contribution is -2.13. The highest BCUT2D eigenvalue weighted by molar-refractivity contribution is 6.33. The van der Waals surface area contributed by atoms with Crippen molar-refractivity contribution in [3.05, 3.63) is 76.6 Å². The minimum Gasteiger partial charge on any atom is -0.435 e. The zero-order valence-electron chi connectivity index (χ0n) is 14.3. The molecule has 0 saturated carbocycles. The highest BCUT2D eigenvalue weighted by Gasteiger charge is 2.20. The molecular weight excluding hydrogens is 376 g/mol. The third-order valence-electron chi connectivity index (χ3n) is 3.81. The molecule has 0 radical (unpaired) electrons. The minimum atomic E-state index is -2.90. The van der Waals surface area contributed by atoms with E-state index in [1.54, 1.807) is 11.6 Å². The maximum atomic E-state index is 12.6. The van der Waals surface area contributed by atoms with Crippen molar-refractivity contribution >= 4 is 23.2 Å². The molecule has 1 aromatic heterocycles. The molecule has 140 valence electrons. The van der Waals surface area contributed by atoms with Gasteiger partial charge in [0.2, 0.25) is 0 Å². The number of carbonyl (C=O) groups is 1. The Kier molecular flexibility index (Phi) is 5.71. The Morgan fingerprint density at radius 1 is 1.19 bits per heavy atom. The van der Waals surface area contributed by atoms with Crippen molar-refractivity contribution in [2.45, 2.75) is 20.1 Å². The number of amides is 1. The predicted molar refractivity (Wildman–Crippen MR) is 98.5 cm³/mol. The van der Waals surface area contributed by atoms with E-state index < -0.39 is 12.5 Å². The lowest BCUT2D eigenvalue weighted by atomic mass is 10.2. The van der Waals surface area contributed by atoms with Crippen LogP contribution in [-0.4, -0.2) is 22.3 Å². The van der Waals surface area contributed by atoms with Gasteiger partial charge in [0.25, 0.3) is 5.91 Å². The first kappa shape index (κ1) is 18.8. The van der Waals surface area contributed by atoms with Crippen molar-refractivity contribution in [2.75, 3.05) is 5.32 Å². The average molecular weight is 392 g/mol. The number of ether oxygens (including phenoxy) is 1. The van der Waals surface area contributed by atoms with Crippen LogP contribution in [0.25, 0.3) is 0 Å². The molecule has 5 nitrogen and oxygen atoms in total. The topological polar surface area (TPSA) is 56.2 Å². The van der Waals surface area contributed by atoms with Gasteiger partial charge in [-0.3, -0.25) is 4.79 Å². The lowest BCUT2D eigenvalue weighted by Gasteiger charge is -2.08. The van der Waals surface area contributed by atoms with Crippen molar-refractivity contribution in [1.82, 2.24) is 9.78 Å². The lowest BCUT2D eigenvalue weighted by molar-refractivity contribution is -0.0498. The number of alkyl halides is 2. The van der Waals surface area contributed by atoms with Gasteiger partial charge >= 0.3 is 6.61 Å². The fourth-order valence-electron chi connectivity index (χ4n) is 2.59. The zero-order valence-corrected chi connectivity index (χ0v) is 15.1. The van der Waals surface area contributed by atoms with Crippen molar-refractivity contribution < 1.29 is 18.3 Å². The van der Waals surface area contributed by atoms with Crippen LogP contribution in [0.5, 0.6) is 5.75 Å². The molecule has 1 amide bonds. The van der Waals surface area contributed by atoms with Gasteiger partial charge in [0, 0.05) is 5.69 Å². The molecule has 0 spiro atoms. The molecule has 27 heavy (non-hydrogen) atoms. The van der Waals surface area contributed by atoms with Gasteiger partial charge in [-0.05, 0) is 36.8 Å². The first-order valence-electron chi connectivity index (χ1n) is 8.07. The third-order valence-corrected chi connectivity index (χ3v) is 4.19. The van der Waals surface area contributed by atoms with Gasteiger partial charge in [0.15, 0.2) is 0 Å². The summed E-state index contributed by atoms with van der Waals surface area (Å²) in [6.45, 7) is -0.766. The first-order valence-corrected chi connectivity index (χ1v) is 8.45. The number of hydrogen-bond donors (Lipinski definition) is 1. The van der Waals surface area contributed by atoms with E-state index in [9.17, 15) is 13.6 Å². The molecule has 0 aliphatic heterocycles. The van der Waals surface area contributed by atoms with Gasteiger partial charge in [-0.25, -0.2) is 4.68 Å². The Balaban J connectivity index is 1.75. The number of benzene rings is 2. The van der Waals surface area contributed by atoms with Crippen LogP contribution < -0.4 is 10.1 Å². The zero-order chi connectivity index (χ0) is 19.4. The molecule has 0 saturated heterocycles. The smallest absolute Gasteiger partial charge is 0.387 e. The molecule has 3 rings (SSSR count). The number of nitrogens with zero attached hydrogens (tertiary/aromatic N) is 2. The Bertz CT molecular complexity index is 928. The Hall–Kier alpha value is -2.93. The fourth-order valence-corrected chi connectivity index (χ4v) is 2.91. The molecule has 1 N–H and O–H groups in total. The molecule has 8 heteroatoms. The quantitative estimate of drug-likeness (QED) is 0.660. The van der Waals surface area contributed by atoms with Crippen molar-refractivity contribution in [3.8, 4) is 5.75 Å². The summed E-state index contributed by atoms with van der Waals surface area (Å²) in [5, 5.41) is 7.24. The largest absolute Gasteiger partial charge is 0.435 e. The van der Waals surface area contributed by atoms with E-state index in [4.69, 9.17) is 11.6 Å². The van der Waals surface area contributed by atoms with E-state index in [0.717, 1.165) is 5.56 Å². The summed E-state index contributed by atoms with van der Waals surface area (Å²) < 4.78 is 30.2. The van der Waals surface area contributed by atoms with E-state index in [2.05, 4.69) is 15.2 Å².